The number of para-hydroxylation sites is 1. The molecule has 1 saturated heterocycles. The minimum atomic E-state index is -0.966. The van der Waals surface area contributed by atoms with Crippen LogP contribution in [0.15, 0.2) is 71.2 Å². The van der Waals surface area contributed by atoms with E-state index >= 15 is 0 Å². The number of carboxylic acid groups (broad SMARTS) is 1. The van der Waals surface area contributed by atoms with Gasteiger partial charge in [-0.3, -0.25) is 14.5 Å². The van der Waals surface area contributed by atoms with Crippen LogP contribution in [0.25, 0.3) is 6.08 Å². The third-order valence-electron chi connectivity index (χ3n) is 4.61. The molecule has 7 heteroatoms. The van der Waals surface area contributed by atoms with Crippen LogP contribution >= 0.6 is 24.0 Å². The normalized spacial score (nSPS) is 19.7. The Hall–Kier alpha value is -2.90. The fourth-order valence-corrected chi connectivity index (χ4v) is 4.52. The van der Waals surface area contributed by atoms with E-state index in [0.717, 1.165) is 22.4 Å². The van der Waals surface area contributed by atoms with E-state index in [1.807, 2.05) is 60.7 Å². The van der Waals surface area contributed by atoms with Gasteiger partial charge in [0.2, 0.25) is 0 Å². The second kappa shape index (κ2) is 8.23. The SMILES string of the molecule is O=C(O)CCN1C(=O)C(=CC2=Cc3ccccc3OC2c2ccccc2)SC1=S. The smallest absolute Gasteiger partial charge is 0.305 e. The van der Waals surface area contributed by atoms with Gasteiger partial charge in [0.15, 0.2) is 0 Å². The Morgan fingerprint density at radius 3 is 2.66 bits per heavy atom. The van der Waals surface area contributed by atoms with E-state index in [4.69, 9.17) is 22.1 Å². The first-order chi connectivity index (χ1) is 14.0. The summed E-state index contributed by atoms with van der Waals surface area (Å²) in [7, 11) is 0. The van der Waals surface area contributed by atoms with Gasteiger partial charge in [-0.2, -0.15) is 0 Å². The van der Waals surface area contributed by atoms with Crippen LogP contribution in [0.4, 0.5) is 0 Å². The van der Waals surface area contributed by atoms with Crippen LogP contribution in [0.3, 0.4) is 0 Å². The number of rotatable bonds is 5. The van der Waals surface area contributed by atoms with Gasteiger partial charge in [-0.1, -0.05) is 72.5 Å². The predicted octanol–water partition coefficient (Wildman–Crippen LogP) is 4.42. The lowest BCUT2D eigenvalue weighted by Crippen LogP contribution is -2.30. The second-order valence-corrected chi connectivity index (χ2v) is 8.24. The minimum Gasteiger partial charge on any atom is -0.481 e. The maximum atomic E-state index is 12.8. The lowest BCUT2D eigenvalue weighted by atomic mass is 9.95. The molecule has 4 rings (SSSR count). The number of nitrogens with zero attached hydrogens (tertiary/aromatic N) is 1. The number of thiocarbonyl (C=S) groups is 1. The van der Waals surface area contributed by atoms with Crippen molar-refractivity contribution in [2.45, 2.75) is 12.5 Å². The Morgan fingerprint density at radius 1 is 1.17 bits per heavy atom. The van der Waals surface area contributed by atoms with Crippen LogP contribution in [0.1, 0.15) is 23.7 Å². The fraction of sp³-hybridized carbons (Fsp3) is 0.136. The molecule has 1 atom stereocenters. The van der Waals surface area contributed by atoms with E-state index in [-0.39, 0.29) is 25.0 Å². The predicted molar refractivity (Wildman–Crippen MR) is 116 cm³/mol. The van der Waals surface area contributed by atoms with Gasteiger partial charge >= 0.3 is 5.97 Å². The number of ether oxygens (including phenoxy) is 1. The van der Waals surface area contributed by atoms with Crippen molar-refractivity contribution in [3.8, 4) is 5.75 Å². The Kier molecular flexibility index (Phi) is 5.51. The molecule has 5 nitrogen and oxygen atoms in total. The highest BCUT2D eigenvalue weighted by atomic mass is 32.2. The summed E-state index contributed by atoms with van der Waals surface area (Å²) >= 11 is 6.47. The lowest BCUT2D eigenvalue weighted by molar-refractivity contribution is -0.137. The van der Waals surface area contributed by atoms with Crippen molar-refractivity contribution in [1.29, 1.82) is 0 Å². The van der Waals surface area contributed by atoms with Crippen LogP contribution in [-0.4, -0.2) is 32.7 Å². The van der Waals surface area contributed by atoms with Gasteiger partial charge in [-0.05, 0) is 29.4 Å². The van der Waals surface area contributed by atoms with Gasteiger partial charge in [0.05, 0.1) is 11.3 Å². The van der Waals surface area contributed by atoms with Crippen molar-refractivity contribution < 1.29 is 19.4 Å². The largest absolute Gasteiger partial charge is 0.481 e. The molecule has 1 unspecified atom stereocenters. The number of amides is 1. The molecule has 0 bridgehead atoms. The number of thioether (sulfide) groups is 1. The highest BCUT2D eigenvalue weighted by Gasteiger charge is 2.33. The molecule has 1 N–H and O–H groups in total. The molecule has 2 aliphatic rings. The van der Waals surface area contributed by atoms with E-state index in [1.54, 1.807) is 6.08 Å². The Morgan fingerprint density at radius 2 is 1.90 bits per heavy atom. The first-order valence-corrected chi connectivity index (χ1v) is 10.2. The van der Waals surface area contributed by atoms with Crippen LogP contribution in [0, 0.1) is 0 Å². The van der Waals surface area contributed by atoms with Crippen molar-refractivity contribution in [1.82, 2.24) is 4.90 Å². The van der Waals surface area contributed by atoms with E-state index in [0.29, 0.717) is 9.23 Å². The summed E-state index contributed by atoms with van der Waals surface area (Å²) in [6, 6.07) is 17.5. The molecule has 0 aromatic heterocycles. The van der Waals surface area contributed by atoms with E-state index < -0.39 is 5.97 Å². The molecule has 146 valence electrons. The first-order valence-electron chi connectivity index (χ1n) is 9.02. The second-order valence-electron chi connectivity index (χ2n) is 6.57. The third-order valence-corrected chi connectivity index (χ3v) is 5.99. The Balaban J connectivity index is 1.69. The third kappa shape index (κ3) is 4.11. The highest BCUT2D eigenvalue weighted by molar-refractivity contribution is 8.26. The zero-order chi connectivity index (χ0) is 20.4. The molecular formula is C22H17NO4S2. The number of fused-ring (bicyclic) bond motifs is 1. The molecule has 2 aromatic rings. The van der Waals surface area contributed by atoms with Gasteiger partial charge in [0.25, 0.3) is 5.91 Å². The summed E-state index contributed by atoms with van der Waals surface area (Å²) in [4.78, 5) is 25.4. The Labute approximate surface area is 177 Å². The van der Waals surface area contributed by atoms with Gasteiger partial charge < -0.3 is 9.84 Å². The Bertz CT molecular complexity index is 1050. The number of aliphatic carboxylic acids is 1. The van der Waals surface area contributed by atoms with Crippen LogP contribution in [0.5, 0.6) is 5.75 Å². The monoisotopic (exact) mass is 423 g/mol. The maximum Gasteiger partial charge on any atom is 0.305 e. The molecule has 1 amide bonds. The summed E-state index contributed by atoms with van der Waals surface area (Å²) in [6.07, 6.45) is 3.31. The molecule has 1 fully saturated rings. The average molecular weight is 424 g/mol. The first kappa shape index (κ1) is 19.4. The zero-order valence-electron chi connectivity index (χ0n) is 15.3. The van der Waals surface area contributed by atoms with Crippen LogP contribution < -0.4 is 4.74 Å². The molecule has 29 heavy (non-hydrogen) atoms. The summed E-state index contributed by atoms with van der Waals surface area (Å²) in [6.45, 7) is 0.0673. The quantitative estimate of drug-likeness (QED) is 0.567. The number of benzene rings is 2. The molecule has 0 aliphatic carbocycles. The summed E-state index contributed by atoms with van der Waals surface area (Å²) in [5, 5.41) is 8.90. The molecule has 2 aromatic carbocycles. The van der Waals surface area contributed by atoms with Crippen molar-refractivity contribution >= 4 is 46.3 Å². The minimum absolute atomic E-state index is 0.0673. The van der Waals surface area contributed by atoms with Crippen LogP contribution in [-0.2, 0) is 9.59 Å². The summed E-state index contributed by atoms with van der Waals surface area (Å²) < 4.78 is 6.62. The molecule has 2 aliphatic heterocycles. The average Bonchev–Trinajstić information content (AvgIpc) is 2.99. The summed E-state index contributed by atoms with van der Waals surface area (Å²) in [5.74, 6) is -0.451. The molecular weight excluding hydrogens is 406 g/mol. The molecule has 0 radical (unpaired) electrons. The highest BCUT2D eigenvalue weighted by Crippen LogP contribution is 2.40. The number of carbonyl (C=O) groups is 2. The van der Waals surface area contributed by atoms with Gasteiger partial charge in [-0.15, -0.1) is 0 Å². The number of carbonyl (C=O) groups excluding carboxylic acids is 1. The van der Waals surface area contributed by atoms with Crippen molar-refractivity contribution in [3.63, 3.8) is 0 Å². The molecule has 0 saturated carbocycles. The van der Waals surface area contributed by atoms with E-state index in [2.05, 4.69) is 0 Å². The van der Waals surface area contributed by atoms with Crippen molar-refractivity contribution in [2.24, 2.45) is 0 Å². The number of carboxylic acids is 1. The standard InChI is InChI=1S/C22H17NO4S2/c24-19(25)10-11-23-21(26)18(29-22(23)28)13-16-12-15-8-4-5-9-17(15)27-20(16)14-6-2-1-3-7-14/h1-9,12-13,20H,10-11H2,(H,24,25). The molecule has 2 heterocycles. The van der Waals surface area contributed by atoms with Gasteiger partial charge in [0, 0.05) is 12.1 Å². The van der Waals surface area contributed by atoms with Gasteiger partial charge in [-0.25, -0.2) is 0 Å². The zero-order valence-corrected chi connectivity index (χ0v) is 16.9. The van der Waals surface area contributed by atoms with Crippen molar-refractivity contribution in [3.05, 3.63) is 82.3 Å². The van der Waals surface area contributed by atoms with Gasteiger partial charge in [0.1, 0.15) is 16.2 Å². The molecule has 0 spiro atoms. The lowest BCUT2D eigenvalue weighted by Gasteiger charge is -2.26. The van der Waals surface area contributed by atoms with Crippen LogP contribution in [0.2, 0.25) is 0 Å². The number of hydrogen-bond acceptors (Lipinski definition) is 5. The fourth-order valence-electron chi connectivity index (χ4n) is 3.21. The van der Waals surface area contributed by atoms with Crippen molar-refractivity contribution in [2.75, 3.05) is 6.54 Å². The number of hydrogen-bond donors (Lipinski definition) is 1. The maximum absolute atomic E-state index is 12.8. The van der Waals surface area contributed by atoms with E-state index in [1.165, 1.54) is 16.7 Å². The summed E-state index contributed by atoms with van der Waals surface area (Å²) in [5.41, 5.74) is 2.76. The topological polar surface area (TPSA) is 66.8 Å². The van der Waals surface area contributed by atoms with E-state index in [9.17, 15) is 9.59 Å².